The first-order valence-electron chi connectivity index (χ1n) is 8.52. The van der Waals surface area contributed by atoms with Crippen LogP contribution in [0.25, 0.3) is 6.08 Å². The molecule has 4 rings (SSSR count). The first-order chi connectivity index (χ1) is 13.0. The van der Waals surface area contributed by atoms with Gasteiger partial charge in [-0.1, -0.05) is 0 Å². The molecule has 3 heterocycles. The number of allylic oxidation sites excluding steroid dienone is 1. The standard InChI is InChI=1S/C17H16N4O6/c22-20(23)15-6-4-11(26-15)8-10-2-1-3-13-14(18-19-17(10)13)9-12-5-7-16(27-12)21(24)25/h4-8,13-14,18H,1-3,9H2. The summed E-state index contributed by atoms with van der Waals surface area (Å²) in [7, 11) is 0. The second-order valence-corrected chi connectivity index (χ2v) is 6.54. The molecule has 0 spiro atoms. The van der Waals surface area contributed by atoms with Gasteiger partial charge in [0, 0.05) is 12.3 Å². The predicted molar refractivity (Wildman–Crippen MR) is 94.1 cm³/mol. The number of nitro groups is 2. The van der Waals surface area contributed by atoms with Crippen molar-refractivity contribution in [1.82, 2.24) is 5.43 Å². The summed E-state index contributed by atoms with van der Waals surface area (Å²) in [5.41, 5.74) is 4.99. The Balaban J connectivity index is 1.50. The molecule has 2 unspecified atom stereocenters. The molecule has 0 aromatic carbocycles. The number of fused-ring (bicyclic) bond motifs is 1. The fourth-order valence-corrected chi connectivity index (χ4v) is 3.62. The van der Waals surface area contributed by atoms with Crippen LogP contribution < -0.4 is 5.43 Å². The molecule has 2 aromatic rings. The van der Waals surface area contributed by atoms with Crippen LogP contribution in [0, 0.1) is 26.1 Å². The molecular weight excluding hydrogens is 356 g/mol. The van der Waals surface area contributed by atoms with Crippen LogP contribution in [0.3, 0.4) is 0 Å². The Hall–Kier alpha value is -3.43. The highest BCUT2D eigenvalue weighted by Crippen LogP contribution is 2.35. The minimum Gasteiger partial charge on any atom is -0.406 e. The van der Waals surface area contributed by atoms with E-state index in [2.05, 4.69) is 10.5 Å². The van der Waals surface area contributed by atoms with Crippen LogP contribution in [0.1, 0.15) is 30.8 Å². The minimum absolute atomic E-state index is 0.0135. The molecule has 0 saturated heterocycles. The third-order valence-corrected chi connectivity index (χ3v) is 4.84. The molecule has 0 bridgehead atoms. The Labute approximate surface area is 152 Å². The monoisotopic (exact) mass is 372 g/mol. The van der Waals surface area contributed by atoms with Crippen molar-refractivity contribution < 1.29 is 18.7 Å². The molecule has 1 aliphatic heterocycles. The second kappa shape index (κ2) is 6.71. The third kappa shape index (κ3) is 3.33. The van der Waals surface area contributed by atoms with Gasteiger partial charge >= 0.3 is 11.8 Å². The lowest BCUT2D eigenvalue weighted by molar-refractivity contribution is -0.402. The van der Waals surface area contributed by atoms with Crippen LogP contribution in [0.2, 0.25) is 0 Å². The van der Waals surface area contributed by atoms with E-state index >= 15 is 0 Å². The lowest BCUT2D eigenvalue weighted by atomic mass is 9.79. The summed E-state index contributed by atoms with van der Waals surface area (Å²) in [5, 5.41) is 26.0. The SMILES string of the molecule is O=[N+]([O-])c1ccc(C=C2CCCC3C2=NNC3Cc2ccc([N+](=O)[O-])o2)o1. The van der Waals surface area contributed by atoms with Crippen LogP contribution in [-0.4, -0.2) is 21.6 Å². The zero-order valence-electron chi connectivity index (χ0n) is 14.2. The normalized spacial score (nSPS) is 23.0. The van der Waals surface area contributed by atoms with Gasteiger partial charge in [0.25, 0.3) is 0 Å². The molecule has 0 radical (unpaired) electrons. The van der Waals surface area contributed by atoms with Gasteiger partial charge in [0.05, 0.1) is 23.9 Å². The molecule has 10 heteroatoms. The van der Waals surface area contributed by atoms with Crippen LogP contribution in [0.15, 0.2) is 43.8 Å². The summed E-state index contributed by atoms with van der Waals surface area (Å²) in [5.74, 6) is 0.545. The molecule has 27 heavy (non-hydrogen) atoms. The van der Waals surface area contributed by atoms with Crippen molar-refractivity contribution in [3.05, 3.63) is 61.6 Å². The number of nitrogens with one attached hydrogen (secondary N) is 1. The maximum Gasteiger partial charge on any atom is 0.433 e. The van der Waals surface area contributed by atoms with Gasteiger partial charge in [-0.25, -0.2) is 0 Å². The quantitative estimate of drug-likeness (QED) is 0.627. The van der Waals surface area contributed by atoms with Crippen LogP contribution in [0.5, 0.6) is 0 Å². The Kier molecular flexibility index (Phi) is 4.22. The van der Waals surface area contributed by atoms with Gasteiger partial charge < -0.3 is 14.3 Å². The second-order valence-electron chi connectivity index (χ2n) is 6.54. The van der Waals surface area contributed by atoms with Crippen molar-refractivity contribution in [1.29, 1.82) is 0 Å². The average molecular weight is 372 g/mol. The first-order valence-corrected chi connectivity index (χ1v) is 8.52. The summed E-state index contributed by atoms with van der Waals surface area (Å²) in [6.45, 7) is 0. The smallest absolute Gasteiger partial charge is 0.406 e. The van der Waals surface area contributed by atoms with Gasteiger partial charge in [-0.3, -0.25) is 20.2 Å². The van der Waals surface area contributed by atoms with Crippen molar-refractivity contribution in [3.63, 3.8) is 0 Å². The molecule has 1 N–H and O–H groups in total. The molecule has 1 saturated carbocycles. The number of furan rings is 2. The van der Waals surface area contributed by atoms with Crippen LogP contribution in [-0.2, 0) is 6.42 Å². The van der Waals surface area contributed by atoms with Crippen molar-refractivity contribution in [2.45, 2.75) is 31.7 Å². The van der Waals surface area contributed by atoms with Gasteiger partial charge in [0.1, 0.15) is 21.4 Å². The topological polar surface area (TPSA) is 137 Å². The highest BCUT2D eigenvalue weighted by Gasteiger charge is 2.36. The molecule has 0 amide bonds. The highest BCUT2D eigenvalue weighted by molar-refractivity contribution is 6.06. The lowest BCUT2D eigenvalue weighted by Gasteiger charge is -2.25. The van der Waals surface area contributed by atoms with E-state index in [1.54, 1.807) is 18.2 Å². The maximum atomic E-state index is 10.8. The summed E-state index contributed by atoms with van der Waals surface area (Å²) in [6, 6.07) is 5.84. The Morgan fingerprint density at radius 2 is 1.89 bits per heavy atom. The fraction of sp³-hybridized carbons (Fsp3) is 0.353. The fourth-order valence-electron chi connectivity index (χ4n) is 3.62. The number of hydrogen-bond donors (Lipinski definition) is 1. The van der Waals surface area contributed by atoms with Gasteiger partial charge in [0.15, 0.2) is 0 Å². The summed E-state index contributed by atoms with van der Waals surface area (Å²) in [4.78, 5) is 20.4. The molecule has 2 atom stereocenters. The molecule has 2 aromatic heterocycles. The molecule has 1 fully saturated rings. The summed E-state index contributed by atoms with van der Waals surface area (Å²) < 4.78 is 10.5. The molecule has 140 valence electrons. The zero-order chi connectivity index (χ0) is 19.0. The highest BCUT2D eigenvalue weighted by atomic mass is 16.7. The zero-order valence-corrected chi connectivity index (χ0v) is 14.2. The third-order valence-electron chi connectivity index (χ3n) is 4.84. The molecule has 1 aliphatic carbocycles. The minimum atomic E-state index is -0.571. The van der Waals surface area contributed by atoms with Crippen molar-refractivity contribution >= 4 is 23.6 Å². The Morgan fingerprint density at radius 3 is 2.59 bits per heavy atom. The number of hydrazone groups is 1. The van der Waals surface area contributed by atoms with Gasteiger partial charge in [-0.05, 0) is 43.0 Å². The molecule has 10 nitrogen and oxygen atoms in total. The predicted octanol–water partition coefficient (Wildman–Crippen LogP) is 3.44. The number of nitrogens with zero attached hydrogens (tertiary/aromatic N) is 3. The number of rotatable bonds is 5. The van der Waals surface area contributed by atoms with E-state index in [1.165, 1.54) is 12.1 Å². The Morgan fingerprint density at radius 1 is 1.15 bits per heavy atom. The summed E-state index contributed by atoms with van der Waals surface area (Å²) >= 11 is 0. The summed E-state index contributed by atoms with van der Waals surface area (Å²) in [6.07, 6.45) is 4.99. The van der Waals surface area contributed by atoms with E-state index in [-0.39, 0.29) is 23.7 Å². The maximum absolute atomic E-state index is 10.8. The van der Waals surface area contributed by atoms with Crippen LogP contribution in [0.4, 0.5) is 11.8 Å². The molecular formula is C17H16N4O6. The first kappa shape index (κ1) is 17.0. The van der Waals surface area contributed by atoms with Crippen molar-refractivity contribution in [2.24, 2.45) is 11.0 Å². The number of hydrogen-bond acceptors (Lipinski definition) is 8. The van der Waals surface area contributed by atoms with Crippen LogP contribution >= 0.6 is 0 Å². The van der Waals surface area contributed by atoms with Gasteiger partial charge in [-0.15, -0.1) is 0 Å². The largest absolute Gasteiger partial charge is 0.433 e. The van der Waals surface area contributed by atoms with Crippen molar-refractivity contribution in [3.8, 4) is 0 Å². The average Bonchev–Trinajstić information content (AvgIpc) is 3.36. The van der Waals surface area contributed by atoms with E-state index < -0.39 is 9.85 Å². The van der Waals surface area contributed by atoms with E-state index in [1.807, 2.05) is 0 Å². The van der Waals surface area contributed by atoms with E-state index in [0.29, 0.717) is 17.9 Å². The van der Waals surface area contributed by atoms with Gasteiger partial charge in [0.2, 0.25) is 0 Å². The van der Waals surface area contributed by atoms with E-state index in [9.17, 15) is 20.2 Å². The van der Waals surface area contributed by atoms with Gasteiger partial charge in [-0.2, -0.15) is 5.10 Å². The van der Waals surface area contributed by atoms with E-state index in [4.69, 9.17) is 8.83 Å². The van der Waals surface area contributed by atoms with E-state index in [0.717, 1.165) is 30.5 Å². The lowest BCUT2D eigenvalue weighted by Crippen LogP contribution is -2.33. The molecule has 2 aliphatic rings. The Bertz CT molecular complexity index is 956. The van der Waals surface area contributed by atoms with Crippen molar-refractivity contribution in [2.75, 3.05) is 0 Å².